The van der Waals surface area contributed by atoms with E-state index in [-0.39, 0.29) is 4.94 Å². The van der Waals surface area contributed by atoms with E-state index in [1.165, 1.54) is 0 Å². The molecule has 0 spiro atoms. The predicted molar refractivity (Wildman–Crippen MR) is 53.1 cm³/mol. The molecule has 4 heteroatoms. The maximum Gasteiger partial charge on any atom is 0.396 e. The second-order valence-corrected chi connectivity index (χ2v) is 3.71. The number of hydrogen-bond acceptors (Lipinski definition) is 4. The third-order valence-corrected chi connectivity index (χ3v) is 2.64. The molecule has 0 saturated carbocycles. The zero-order chi connectivity index (χ0) is 9.26. The summed E-state index contributed by atoms with van der Waals surface area (Å²) in [7, 11) is 0. The summed E-state index contributed by atoms with van der Waals surface area (Å²) in [5.41, 5.74) is 7.15. The maximum absolute atomic E-state index is 11.0. The van der Waals surface area contributed by atoms with E-state index in [4.69, 9.17) is 10.2 Å². The average molecular weight is 195 g/mol. The van der Waals surface area contributed by atoms with Crippen molar-refractivity contribution in [1.82, 2.24) is 0 Å². The first-order chi connectivity index (χ1) is 6.31. The van der Waals surface area contributed by atoms with Gasteiger partial charge >= 0.3 is 4.94 Å². The van der Waals surface area contributed by atoms with Crippen LogP contribution in [0.3, 0.4) is 0 Å². The third-order valence-electron chi connectivity index (χ3n) is 1.85. The van der Waals surface area contributed by atoms with Gasteiger partial charge in [-0.25, -0.2) is 4.79 Å². The maximum atomic E-state index is 11.0. The first-order valence-corrected chi connectivity index (χ1v) is 4.84. The van der Waals surface area contributed by atoms with Gasteiger partial charge < -0.3 is 10.2 Å². The van der Waals surface area contributed by atoms with Gasteiger partial charge in [-0.1, -0.05) is 23.5 Å². The van der Waals surface area contributed by atoms with Gasteiger partial charge in [0.2, 0.25) is 0 Å². The molecule has 0 aliphatic heterocycles. The van der Waals surface area contributed by atoms with Crippen LogP contribution in [0.5, 0.6) is 0 Å². The summed E-state index contributed by atoms with van der Waals surface area (Å²) in [5, 5.41) is 0. The van der Waals surface area contributed by atoms with E-state index in [9.17, 15) is 4.79 Å². The number of fused-ring (bicyclic) bond motifs is 1. The highest BCUT2D eigenvalue weighted by Gasteiger charge is 2.05. The summed E-state index contributed by atoms with van der Waals surface area (Å²) in [6, 6.07) is 5.73. The minimum absolute atomic E-state index is 0.250. The summed E-state index contributed by atoms with van der Waals surface area (Å²) in [5.74, 6) is 0. The Kier molecular flexibility index (Phi) is 2.16. The fraction of sp³-hybridized carbons (Fsp3) is 0.222. The molecule has 0 aliphatic rings. The van der Waals surface area contributed by atoms with Gasteiger partial charge in [-0.05, 0) is 24.6 Å². The van der Waals surface area contributed by atoms with Crippen LogP contribution in [0.25, 0.3) is 10.3 Å². The van der Waals surface area contributed by atoms with Crippen molar-refractivity contribution >= 4 is 21.6 Å². The van der Waals surface area contributed by atoms with Crippen LogP contribution in [0.4, 0.5) is 0 Å². The lowest BCUT2D eigenvalue weighted by molar-refractivity contribution is 0.581. The molecule has 0 radical (unpaired) electrons. The Balaban J connectivity index is 2.67. The van der Waals surface area contributed by atoms with Gasteiger partial charge in [0.25, 0.3) is 0 Å². The summed E-state index contributed by atoms with van der Waals surface area (Å²) in [6.07, 6.45) is 0.747. The molecule has 2 rings (SSSR count). The normalized spacial score (nSPS) is 10.8. The van der Waals surface area contributed by atoms with Crippen molar-refractivity contribution in [3.8, 4) is 0 Å². The zero-order valence-electron chi connectivity index (χ0n) is 6.95. The van der Waals surface area contributed by atoms with Crippen molar-refractivity contribution < 1.29 is 4.42 Å². The summed E-state index contributed by atoms with van der Waals surface area (Å²) >= 11 is 1.13. The van der Waals surface area contributed by atoms with Gasteiger partial charge in [-0.3, -0.25) is 0 Å². The molecular weight excluding hydrogens is 186 g/mol. The molecule has 0 saturated heterocycles. The summed E-state index contributed by atoms with van der Waals surface area (Å²) in [6.45, 7) is 0.568. The fourth-order valence-corrected chi connectivity index (χ4v) is 2.02. The van der Waals surface area contributed by atoms with Crippen LogP contribution in [0.15, 0.2) is 27.4 Å². The molecule has 0 atom stereocenters. The monoisotopic (exact) mass is 195 g/mol. The second kappa shape index (κ2) is 3.32. The van der Waals surface area contributed by atoms with Gasteiger partial charge in [0.1, 0.15) is 0 Å². The van der Waals surface area contributed by atoms with Crippen molar-refractivity contribution in [1.29, 1.82) is 0 Å². The molecule has 1 heterocycles. The van der Waals surface area contributed by atoms with Gasteiger partial charge in [0.15, 0.2) is 5.58 Å². The quantitative estimate of drug-likeness (QED) is 0.787. The Morgan fingerprint density at radius 3 is 3.08 bits per heavy atom. The molecular formula is C9H9NO2S. The van der Waals surface area contributed by atoms with Crippen molar-refractivity contribution in [2.75, 3.05) is 6.54 Å². The predicted octanol–water partition coefficient (Wildman–Crippen LogP) is 1.36. The zero-order valence-corrected chi connectivity index (χ0v) is 7.76. The lowest BCUT2D eigenvalue weighted by Gasteiger charge is -1.97. The minimum Gasteiger partial charge on any atom is -0.414 e. The van der Waals surface area contributed by atoms with E-state index in [1.807, 2.05) is 18.2 Å². The number of benzene rings is 1. The SMILES string of the molecule is NCCc1cccc2sc(=O)oc12. The number of hydrogen-bond donors (Lipinski definition) is 1. The lowest BCUT2D eigenvalue weighted by Crippen LogP contribution is -2.02. The van der Waals surface area contributed by atoms with E-state index < -0.39 is 0 Å². The topological polar surface area (TPSA) is 56.2 Å². The molecule has 0 fully saturated rings. The first-order valence-electron chi connectivity index (χ1n) is 4.03. The molecule has 0 amide bonds. The van der Waals surface area contributed by atoms with E-state index in [0.29, 0.717) is 12.1 Å². The van der Waals surface area contributed by atoms with Gasteiger partial charge in [0, 0.05) is 0 Å². The van der Waals surface area contributed by atoms with E-state index in [1.54, 1.807) is 0 Å². The van der Waals surface area contributed by atoms with Crippen LogP contribution >= 0.6 is 11.3 Å². The number of rotatable bonds is 2. The number of nitrogens with two attached hydrogens (primary N) is 1. The van der Waals surface area contributed by atoms with Gasteiger partial charge in [-0.2, -0.15) is 0 Å². The van der Waals surface area contributed by atoms with Crippen LogP contribution < -0.4 is 10.7 Å². The smallest absolute Gasteiger partial charge is 0.396 e. The van der Waals surface area contributed by atoms with Crippen molar-refractivity contribution in [3.05, 3.63) is 33.5 Å². The highest BCUT2D eigenvalue weighted by atomic mass is 32.1. The molecule has 13 heavy (non-hydrogen) atoms. The Bertz CT molecular complexity index is 472. The van der Waals surface area contributed by atoms with Crippen molar-refractivity contribution in [3.63, 3.8) is 0 Å². The Morgan fingerprint density at radius 2 is 2.31 bits per heavy atom. The highest BCUT2D eigenvalue weighted by molar-refractivity contribution is 7.16. The second-order valence-electron chi connectivity index (χ2n) is 2.74. The van der Waals surface area contributed by atoms with Crippen molar-refractivity contribution in [2.24, 2.45) is 5.73 Å². The van der Waals surface area contributed by atoms with Crippen LogP contribution in [0.1, 0.15) is 5.56 Å². The lowest BCUT2D eigenvalue weighted by atomic mass is 10.1. The first kappa shape index (κ1) is 8.47. The molecule has 1 aromatic carbocycles. The molecule has 68 valence electrons. The highest BCUT2D eigenvalue weighted by Crippen LogP contribution is 2.20. The summed E-state index contributed by atoms with van der Waals surface area (Å²) in [4.78, 5) is 10.7. The fourth-order valence-electron chi connectivity index (χ4n) is 1.30. The minimum atomic E-state index is -0.250. The molecule has 0 aliphatic carbocycles. The van der Waals surface area contributed by atoms with Crippen LogP contribution in [0, 0.1) is 0 Å². The van der Waals surface area contributed by atoms with Gasteiger partial charge in [0.05, 0.1) is 4.70 Å². The Labute approximate surface area is 78.8 Å². The van der Waals surface area contributed by atoms with Crippen LogP contribution in [-0.2, 0) is 6.42 Å². The third kappa shape index (κ3) is 1.50. The molecule has 1 aromatic heterocycles. The molecule has 0 bridgehead atoms. The Hall–Kier alpha value is -1.13. The average Bonchev–Trinajstić information content (AvgIpc) is 2.47. The number of para-hydroxylation sites is 1. The Morgan fingerprint density at radius 1 is 1.46 bits per heavy atom. The van der Waals surface area contributed by atoms with Crippen LogP contribution in [0.2, 0.25) is 0 Å². The van der Waals surface area contributed by atoms with Gasteiger partial charge in [-0.15, -0.1) is 0 Å². The van der Waals surface area contributed by atoms with Crippen LogP contribution in [-0.4, -0.2) is 6.54 Å². The molecule has 0 unspecified atom stereocenters. The van der Waals surface area contributed by atoms with E-state index >= 15 is 0 Å². The van der Waals surface area contributed by atoms with E-state index in [0.717, 1.165) is 28.0 Å². The molecule has 3 nitrogen and oxygen atoms in total. The molecule has 2 N–H and O–H groups in total. The van der Waals surface area contributed by atoms with Crippen molar-refractivity contribution in [2.45, 2.75) is 6.42 Å². The largest absolute Gasteiger partial charge is 0.414 e. The standard InChI is InChI=1S/C9H9NO2S/c10-5-4-6-2-1-3-7-8(6)12-9(11)13-7/h1-3H,4-5,10H2. The summed E-state index contributed by atoms with van der Waals surface area (Å²) < 4.78 is 5.96. The molecule has 2 aromatic rings. The van der Waals surface area contributed by atoms with E-state index in [2.05, 4.69) is 0 Å².